The van der Waals surface area contributed by atoms with E-state index < -0.39 is 0 Å². The largest absolute Gasteiger partial charge is 0.497 e. The molecule has 1 aromatic carbocycles. The summed E-state index contributed by atoms with van der Waals surface area (Å²) >= 11 is 0. The molecule has 0 saturated carbocycles. The van der Waals surface area contributed by atoms with Crippen LogP contribution in [0, 0.1) is 0 Å². The molecule has 0 spiro atoms. The number of nitrogens with one attached hydrogen (secondary N) is 2. The molecular formula is C25H33N5O5. The van der Waals surface area contributed by atoms with E-state index >= 15 is 0 Å². The summed E-state index contributed by atoms with van der Waals surface area (Å²) in [4.78, 5) is 44.9. The fraction of sp³-hybridized carbons (Fsp3) is 0.440. The minimum atomic E-state index is -0.255. The average molecular weight is 484 g/mol. The number of urea groups is 1. The van der Waals surface area contributed by atoms with Crippen molar-refractivity contribution in [1.29, 1.82) is 0 Å². The number of carbonyl (C=O) groups excluding carboxylic acids is 3. The van der Waals surface area contributed by atoms with Gasteiger partial charge in [0.25, 0.3) is 5.91 Å². The summed E-state index contributed by atoms with van der Waals surface area (Å²) in [6.45, 7) is 5.07. The highest BCUT2D eigenvalue weighted by atomic mass is 16.5. The van der Waals surface area contributed by atoms with Crippen molar-refractivity contribution < 1.29 is 23.9 Å². The SMILES string of the molecule is CCOC(=O)CCCNC(=O)N1CCN(c2ncccc2C(=O)NCc2ccc(OC)cc2)CC1. The highest BCUT2D eigenvalue weighted by molar-refractivity contribution is 5.98. The van der Waals surface area contributed by atoms with Crippen molar-refractivity contribution >= 4 is 23.7 Å². The number of rotatable bonds is 10. The summed E-state index contributed by atoms with van der Waals surface area (Å²) in [5, 5.41) is 5.80. The maximum absolute atomic E-state index is 12.9. The molecule has 1 saturated heterocycles. The molecule has 2 heterocycles. The van der Waals surface area contributed by atoms with E-state index in [9.17, 15) is 14.4 Å². The van der Waals surface area contributed by atoms with Crippen LogP contribution in [0.4, 0.5) is 10.6 Å². The maximum Gasteiger partial charge on any atom is 0.317 e. The molecule has 3 amide bonds. The molecule has 188 valence electrons. The summed E-state index contributed by atoms with van der Waals surface area (Å²) in [6, 6.07) is 10.9. The monoisotopic (exact) mass is 483 g/mol. The molecule has 35 heavy (non-hydrogen) atoms. The number of ether oxygens (including phenoxy) is 2. The number of esters is 1. The number of aromatic nitrogens is 1. The first-order valence-corrected chi connectivity index (χ1v) is 11.8. The van der Waals surface area contributed by atoms with Crippen molar-refractivity contribution in [1.82, 2.24) is 20.5 Å². The first-order valence-electron chi connectivity index (χ1n) is 11.8. The second-order valence-electron chi connectivity index (χ2n) is 8.02. The van der Waals surface area contributed by atoms with Crippen molar-refractivity contribution in [3.63, 3.8) is 0 Å². The quantitative estimate of drug-likeness (QED) is 0.393. The number of anilines is 1. The maximum atomic E-state index is 12.9. The second kappa shape index (κ2) is 13.2. The standard InChI is InChI=1S/C25H33N5O5/c1-3-35-22(31)7-5-13-27-25(33)30-16-14-29(15-17-30)23-21(6-4-12-26-23)24(32)28-18-19-8-10-20(34-2)11-9-19/h4,6,8-12H,3,5,7,13-18H2,1-2H3,(H,27,33)(H,28,32). The van der Waals surface area contributed by atoms with Crippen LogP contribution in [0.2, 0.25) is 0 Å². The predicted molar refractivity (Wildman–Crippen MR) is 131 cm³/mol. The number of hydrogen-bond donors (Lipinski definition) is 2. The molecule has 3 rings (SSSR count). The van der Waals surface area contributed by atoms with Gasteiger partial charge < -0.3 is 29.9 Å². The van der Waals surface area contributed by atoms with Crippen molar-refractivity contribution in [3.05, 3.63) is 53.7 Å². The van der Waals surface area contributed by atoms with E-state index in [0.29, 0.717) is 63.7 Å². The third-order valence-electron chi connectivity index (χ3n) is 5.65. The van der Waals surface area contributed by atoms with Gasteiger partial charge in [-0.25, -0.2) is 9.78 Å². The van der Waals surface area contributed by atoms with Crippen molar-refractivity contribution in [2.24, 2.45) is 0 Å². The molecule has 0 unspecified atom stereocenters. The van der Waals surface area contributed by atoms with Crippen molar-refractivity contribution in [2.75, 3.05) is 51.3 Å². The highest BCUT2D eigenvalue weighted by Crippen LogP contribution is 2.19. The Labute approximate surface area is 205 Å². The number of carbonyl (C=O) groups is 3. The Morgan fingerprint density at radius 3 is 2.46 bits per heavy atom. The van der Waals surface area contributed by atoms with Gasteiger partial charge in [-0.2, -0.15) is 0 Å². The summed E-state index contributed by atoms with van der Waals surface area (Å²) in [5.41, 5.74) is 1.46. The first kappa shape index (κ1) is 25.8. The number of pyridine rings is 1. The Hall–Kier alpha value is -3.82. The fourth-order valence-corrected chi connectivity index (χ4v) is 3.74. The van der Waals surface area contributed by atoms with Gasteiger partial charge in [0.1, 0.15) is 11.6 Å². The Balaban J connectivity index is 1.48. The Morgan fingerprint density at radius 1 is 1.03 bits per heavy atom. The molecule has 1 aromatic heterocycles. The number of amides is 3. The van der Waals surface area contributed by atoms with Crippen LogP contribution < -0.4 is 20.3 Å². The summed E-state index contributed by atoms with van der Waals surface area (Å²) in [7, 11) is 1.61. The van der Waals surface area contributed by atoms with Gasteiger partial charge in [-0.15, -0.1) is 0 Å². The molecule has 10 nitrogen and oxygen atoms in total. The Morgan fingerprint density at radius 2 is 1.77 bits per heavy atom. The Kier molecular flexibility index (Phi) is 9.70. The van der Waals surface area contributed by atoms with Crippen molar-refractivity contribution in [2.45, 2.75) is 26.3 Å². The van der Waals surface area contributed by atoms with Gasteiger partial charge in [-0.3, -0.25) is 9.59 Å². The third kappa shape index (κ3) is 7.59. The van der Waals surface area contributed by atoms with Crippen molar-refractivity contribution in [3.8, 4) is 5.75 Å². The molecule has 1 aliphatic heterocycles. The molecule has 2 N–H and O–H groups in total. The van der Waals surface area contributed by atoms with E-state index in [4.69, 9.17) is 9.47 Å². The van der Waals surface area contributed by atoms with E-state index in [1.54, 1.807) is 37.3 Å². The smallest absolute Gasteiger partial charge is 0.317 e. The zero-order valence-electron chi connectivity index (χ0n) is 20.3. The zero-order valence-corrected chi connectivity index (χ0v) is 20.3. The minimum absolute atomic E-state index is 0.160. The topological polar surface area (TPSA) is 113 Å². The van der Waals surface area contributed by atoms with Crippen LogP contribution in [-0.2, 0) is 16.1 Å². The molecule has 1 fully saturated rings. The number of nitrogens with zero attached hydrogens (tertiary/aromatic N) is 3. The van der Waals surface area contributed by atoms with Gasteiger partial charge in [-0.05, 0) is 43.2 Å². The second-order valence-corrected chi connectivity index (χ2v) is 8.02. The van der Waals surface area contributed by atoms with Gasteiger partial charge in [0.05, 0.1) is 19.3 Å². The van der Waals surface area contributed by atoms with E-state index in [-0.39, 0.29) is 24.3 Å². The van der Waals surface area contributed by atoms with Gasteiger partial charge in [0, 0.05) is 51.9 Å². The summed E-state index contributed by atoms with van der Waals surface area (Å²) < 4.78 is 10.0. The summed E-state index contributed by atoms with van der Waals surface area (Å²) in [5.74, 6) is 0.911. The number of benzene rings is 1. The number of methoxy groups -OCH3 is 1. The van der Waals surface area contributed by atoms with Crippen LogP contribution in [0.5, 0.6) is 5.75 Å². The Bertz CT molecular complexity index is 990. The van der Waals surface area contributed by atoms with Crippen LogP contribution in [0.3, 0.4) is 0 Å². The molecule has 1 aliphatic rings. The highest BCUT2D eigenvalue weighted by Gasteiger charge is 2.24. The van der Waals surface area contributed by atoms with Crippen LogP contribution in [0.25, 0.3) is 0 Å². The average Bonchev–Trinajstić information content (AvgIpc) is 2.90. The lowest BCUT2D eigenvalue weighted by atomic mass is 10.2. The summed E-state index contributed by atoms with van der Waals surface area (Å²) in [6.07, 6.45) is 2.48. The first-order chi connectivity index (χ1) is 17.0. The molecule has 0 bridgehead atoms. The minimum Gasteiger partial charge on any atom is -0.497 e. The van der Waals surface area contributed by atoms with E-state index in [1.165, 1.54) is 0 Å². The molecule has 0 atom stereocenters. The van der Waals surface area contributed by atoms with Gasteiger partial charge >= 0.3 is 12.0 Å². The van der Waals surface area contributed by atoms with Crippen LogP contribution in [0.15, 0.2) is 42.6 Å². The molecular weight excluding hydrogens is 450 g/mol. The molecule has 2 aromatic rings. The molecule has 0 aliphatic carbocycles. The predicted octanol–water partition coefficient (Wildman–Crippen LogP) is 2.20. The molecule has 10 heteroatoms. The van der Waals surface area contributed by atoms with Gasteiger partial charge in [-0.1, -0.05) is 12.1 Å². The van der Waals surface area contributed by atoms with Crippen LogP contribution >= 0.6 is 0 Å². The number of piperazine rings is 1. The van der Waals surface area contributed by atoms with Crippen LogP contribution in [-0.4, -0.2) is 74.2 Å². The normalized spacial score (nSPS) is 13.2. The third-order valence-corrected chi connectivity index (χ3v) is 5.65. The molecule has 0 radical (unpaired) electrons. The van der Waals surface area contributed by atoms with Gasteiger partial charge in [0.15, 0.2) is 0 Å². The number of hydrogen-bond acceptors (Lipinski definition) is 7. The zero-order chi connectivity index (χ0) is 25.0. The lowest BCUT2D eigenvalue weighted by molar-refractivity contribution is -0.143. The lowest BCUT2D eigenvalue weighted by Crippen LogP contribution is -2.52. The lowest BCUT2D eigenvalue weighted by Gasteiger charge is -2.36. The van der Waals surface area contributed by atoms with E-state index in [0.717, 1.165) is 11.3 Å². The fourth-order valence-electron chi connectivity index (χ4n) is 3.74. The van der Waals surface area contributed by atoms with E-state index in [1.807, 2.05) is 29.2 Å². The van der Waals surface area contributed by atoms with Gasteiger partial charge in [0.2, 0.25) is 0 Å². The van der Waals surface area contributed by atoms with Crippen LogP contribution in [0.1, 0.15) is 35.7 Å². The van der Waals surface area contributed by atoms with E-state index in [2.05, 4.69) is 15.6 Å².